The number of unbranched alkanes of at least 4 members (excludes halogenated alkanes) is 1. The first-order chi connectivity index (χ1) is 6.33. The average molecular weight is 197 g/mol. The third kappa shape index (κ3) is 4.44. The molecule has 0 amide bonds. The van der Waals surface area contributed by atoms with Crippen LogP contribution < -0.4 is 5.32 Å². The maximum Gasteiger partial charge on any atom is 0.0216 e. The predicted molar refractivity (Wildman–Crippen MR) is 60.1 cm³/mol. The first-order valence-electron chi connectivity index (χ1n) is 5.07. The van der Waals surface area contributed by atoms with Gasteiger partial charge in [0.05, 0.1) is 0 Å². The zero-order valence-electron chi connectivity index (χ0n) is 8.55. The van der Waals surface area contributed by atoms with Crippen molar-refractivity contribution in [1.29, 1.82) is 0 Å². The van der Waals surface area contributed by atoms with Crippen LogP contribution in [0.15, 0.2) is 16.8 Å². The summed E-state index contributed by atoms with van der Waals surface area (Å²) in [6, 6.07) is 2.84. The van der Waals surface area contributed by atoms with Crippen LogP contribution in [-0.2, 0) is 6.54 Å². The van der Waals surface area contributed by atoms with Crippen LogP contribution in [-0.4, -0.2) is 6.04 Å². The highest BCUT2D eigenvalue weighted by Crippen LogP contribution is 2.06. The van der Waals surface area contributed by atoms with Crippen molar-refractivity contribution in [2.45, 2.75) is 45.7 Å². The normalized spacial score (nSPS) is 13.1. The predicted octanol–water partition coefficient (Wildman–Crippen LogP) is 3.42. The Morgan fingerprint density at radius 3 is 3.00 bits per heavy atom. The molecule has 1 aromatic heterocycles. The highest BCUT2D eigenvalue weighted by atomic mass is 32.1. The summed E-state index contributed by atoms with van der Waals surface area (Å²) in [5, 5.41) is 7.87. The number of nitrogens with one attached hydrogen (secondary N) is 1. The van der Waals surface area contributed by atoms with Crippen LogP contribution in [0.4, 0.5) is 0 Å². The molecule has 0 saturated carbocycles. The molecule has 1 N–H and O–H groups in total. The first kappa shape index (κ1) is 10.7. The average Bonchev–Trinajstić information content (AvgIpc) is 2.64. The van der Waals surface area contributed by atoms with E-state index in [0.717, 1.165) is 6.54 Å². The molecule has 1 heterocycles. The summed E-state index contributed by atoms with van der Waals surface area (Å²) in [6.45, 7) is 5.53. The van der Waals surface area contributed by atoms with Crippen molar-refractivity contribution < 1.29 is 0 Å². The molecule has 0 aliphatic carbocycles. The third-order valence-corrected chi connectivity index (χ3v) is 2.96. The molecule has 1 unspecified atom stereocenters. The van der Waals surface area contributed by atoms with E-state index in [0.29, 0.717) is 6.04 Å². The number of rotatable bonds is 6. The van der Waals surface area contributed by atoms with Crippen molar-refractivity contribution in [2.75, 3.05) is 0 Å². The van der Waals surface area contributed by atoms with Gasteiger partial charge >= 0.3 is 0 Å². The van der Waals surface area contributed by atoms with Crippen LogP contribution in [0.1, 0.15) is 38.7 Å². The number of hydrogen-bond acceptors (Lipinski definition) is 2. The van der Waals surface area contributed by atoms with Gasteiger partial charge in [-0.3, -0.25) is 0 Å². The minimum atomic E-state index is 0.653. The summed E-state index contributed by atoms with van der Waals surface area (Å²) < 4.78 is 0. The zero-order valence-corrected chi connectivity index (χ0v) is 9.36. The van der Waals surface area contributed by atoms with E-state index >= 15 is 0 Å². The van der Waals surface area contributed by atoms with Crippen LogP contribution in [0.3, 0.4) is 0 Å². The Kier molecular flexibility index (Phi) is 5.09. The molecule has 0 fully saturated rings. The monoisotopic (exact) mass is 197 g/mol. The topological polar surface area (TPSA) is 12.0 Å². The first-order valence-corrected chi connectivity index (χ1v) is 6.01. The van der Waals surface area contributed by atoms with E-state index in [2.05, 4.69) is 36.0 Å². The van der Waals surface area contributed by atoms with Gasteiger partial charge in [0.2, 0.25) is 0 Å². The smallest absolute Gasteiger partial charge is 0.0216 e. The molecule has 1 rings (SSSR count). The molecule has 13 heavy (non-hydrogen) atoms. The molecular weight excluding hydrogens is 178 g/mol. The standard InChI is InChI=1S/C11H19NS/c1-3-4-5-10(2)12-8-11-6-7-13-9-11/h6-7,9-10,12H,3-5,8H2,1-2H3. The van der Waals surface area contributed by atoms with Gasteiger partial charge in [-0.05, 0) is 35.7 Å². The van der Waals surface area contributed by atoms with Crippen molar-refractivity contribution in [2.24, 2.45) is 0 Å². The van der Waals surface area contributed by atoms with Gasteiger partial charge in [0.15, 0.2) is 0 Å². The third-order valence-electron chi connectivity index (χ3n) is 2.23. The van der Waals surface area contributed by atoms with Gasteiger partial charge in [-0.15, -0.1) is 0 Å². The minimum absolute atomic E-state index is 0.653. The van der Waals surface area contributed by atoms with Crippen LogP contribution in [0, 0.1) is 0 Å². The molecular formula is C11H19NS. The van der Waals surface area contributed by atoms with Gasteiger partial charge in [0.1, 0.15) is 0 Å². The molecule has 0 spiro atoms. The second-order valence-corrected chi connectivity index (χ2v) is 4.34. The molecule has 0 bridgehead atoms. The maximum atomic E-state index is 3.53. The summed E-state index contributed by atoms with van der Waals surface area (Å²) in [7, 11) is 0. The highest BCUT2D eigenvalue weighted by Gasteiger charge is 2.00. The molecule has 1 aromatic rings. The summed E-state index contributed by atoms with van der Waals surface area (Å²) in [5.41, 5.74) is 1.41. The Labute approximate surface area is 85.2 Å². The van der Waals surface area contributed by atoms with E-state index in [1.807, 2.05) is 0 Å². The molecule has 74 valence electrons. The van der Waals surface area contributed by atoms with Gasteiger partial charge in [-0.2, -0.15) is 11.3 Å². The van der Waals surface area contributed by atoms with E-state index in [1.165, 1.54) is 24.8 Å². The van der Waals surface area contributed by atoms with Crippen LogP contribution in [0.2, 0.25) is 0 Å². The van der Waals surface area contributed by atoms with E-state index in [1.54, 1.807) is 11.3 Å². The minimum Gasteiger partial charge on any atom is -0.310 e. The fourth-order valence-corrected chi connectivity index (χ4v) is 1.97. The highest BCUT2D eigenvalue weighted by molar-refractivity contribution is 7.07. The fourth-order valence-electron chi connectivity index (χ4n) is 1.30. The van der Waals surface area contributed by atoms with Crippen molar-refractivity contribution in [1.82, 2.24) is 5.32 Å². The van der Waals surface area contributed by atoms with E-state index < -0.39 is 0 Å². The zero-order chi connectivity index (χ0) is 9.52. The molecule has 0 radical (unpaired) electrons. The summed E-state index contributed by atoms with van der Waals surface area (Å²) in [6.07, 6.45) is 3.92. The summed E-state index contributed by atoms with van der Waals surface area (Å²) in [5.74, 6) is 0. The van der Waals surface area contributed by atoms with Gasteiger partial charge in [-0.1, -0.05) is 19.8 Å². The summed E-state index contributed by atoms with van der Waals surface area (Å²) in [4.78, 5) is 0. The number of hydrogen-bond donors (Lipinski definition) is 1. The van der Waals surface area contributed by atoms with Crippen molar-refractivity contribution in [3.8, 4) is 0 Å². The lowest BCUT2D eigenvalue weighted by Gasteiger charge is -2.12. The molecule has 0 aliphatic rings. The van der Waals surface area contributed by atoms with Crippen LogP contribution >= 0.6 is 11.3 Å². The van der Waals surface area contributed by atoms with E-state index in [4.69, 9.17) is 0 Å². The quantitative estimate of drug-likeness (QED) is 0.737. The Hall–Kier alpha value is -0.340. The van der Waals surface area contributed by atoms with Crippen LogP contribution in [0.5, 0.6) is 0 Å². The van der Waals surface area contributed by atoms with Crippen LogP contribution in [0.25, 0.3) is 0 Å². The summed E-state index contributed by atoms with van der Waals surface area (Å²) >= 11 is 1.77. The van der Waals surface area contributed by atoms with Gasteiger partial charge < -0.3 is 5.32 Å². The van der Waals surface area contributed by atoms with Crippen molar-refractivity contribution in [3.05, 3.63) is 22.4 Å². The molecule has 2 heteroatoms. The molecule has 1 atom stereocenters. The lowest BCUT2D eigenvalue weighted by molar-refractivity contribution is 0.495. The van der Waals surface area contributed by atoms with Gasteiger partial charge in [0, 0.05) is 12.6 Å². The molecule has 0 saturated heterocycles. The second kappa shape index (κ2) is 6.17. The molecule has 0 aliphatic heterocycles. The van der Waals surface area contributed by atoms with Gasteiger partial charge in [-0.25, -0.2) is 0 Å². The molecule has 1 nitrogen and oxygen atoms in total. The largest absolute Gasteiger partial charge is 0.310 e. The fraction of sp³-hybridized carbons (Fsp3) is 0.636. The lowest BCUT2D eigenvalue weighted by Crippen LogP contribution is -2.24. The SMILES string of the molecule is CCCCC(C)NCc1ccsc1. The lowest BCUT2D eigenvalue weighted by atomic mass is 10.1. The Bertz CT molecular complexity index is 206. The Morgan fingerprint density at radius 1 is 1.54 bits per heavy atom. The Morgan fingerprint density at radius 2 is 2.38 bits per heavy atom. The van der Waals surface area contributed by atoms with Gasteiger partial charge in [0.25, 0.3) is 0 Å². The molecule has 0 aromatic carbocycles. The van der Waals surface area contributed by atoms with E-state index in [-0.39, 0.29) is 0 Å². The van der Waals surface area contributed by atoms with E-state index in [9.17, 15) is 0 Å². The second-order valence-electron chi connectivity index (χ2n) is 3.56. The van der Waals surface area contributed by atoms with Crippen molar-refractivity contribution >= 4 is 11.3 Å². The number of thiophene rings is 1. The maximum absolute atomic E-state index is 3.53. The van der Waals surface area contributed by atoms with Crippen molar-refractivity contribution in [3.63, 3.8) is 0 Å². The Balaban J connectivity index is 2.11.